The molecule has 3 N–H and O–H groups in total. The van der Waals surface area contributed by atoms with Crippen LogP contribution < -0.4 is 10.6 Å². The van der Waals surface area contributed by atoms with Gasteiger partial charge in [-0.1, -0.05) is 29.3 Å². The van der Waals surface area contributed by atoms with Gasteiger partial charge >= 0.3 is 6.03 Å². The normalized spacial score (nSPS) is 15.4. The molecule has 1 aliphatic rings. The number of carbonyl (C=O) groups excluding carboxylic acids is 1. The van der Waals surface area contributed by atoms with Crippen LogP contribution in [0, 0.1) is 0 Å². The largest absolute Gasteiger partial charge is 0.394 e. The number of nitrogens with zero attached hydrogens (tertiary/aromatic N) is 3. The van der Waals surface area contributed by atoms with E-state index in [4.69, 9.17) is 23.2 Å². The Morgan fingerprint density at radius 2 is 2.17 bits per heavy atom. The number of nitrogens with one attached hydrogen (secondary N) is 2. The number of carbonyl (C=O) groups is 1. The molecule has 2 amide bonds. The first-order chi connectivity index (χ1) is 13.9. The van der Waals surface area contributed by atoms with Crippen molar-refractivity contribution in [2.45, 2.75) is 32.0 Å². The maximum absolute atomic E-state index is 12.7. The van der Waals surface area contributed by atoms with E-state index in [9.17, 15) is 14.3 Å². The van der Waals surface area contributed by atoms with E-state index in [0.717, 1.165) is 5.56 Å². The van der Waals surface area contributed by atoms with Gasteiger partial charge in [0.15, 0.2) is 0 Å². The Bertz CT molecular complexity index is 886. The number of hydrogen-bond donors (Lipinski definition) is 3. The smallest absolute Gasteiger partial charge is 0.318 e. The summed E-state index contributed by atoms with van der Waals surface area (Å²) in [5.74, 6) is 0.334. The summed E-state index contributed by atoms with van der Waals surface area (Å²) in [4.78, 5) is 23.0. The van der Waals surface area contributed by atoms with Gasteiger partial charge in [-0.3, -0.25) is 0 Å². The highest BCUT2D eigenvalue weighted by atomic mass is 35.5. The Hall–Kier alpha value is -2.16. The van der Waals surface area contributed by atoms with Crippen LogP contribution in [0.4, 0.5) is 15.1 Å². The summed E-state index contributed by atoms with van der Waals surface area (Å²) < 4.78 is 12.7. The van der Waals surface area contributed by atoms with Crippen molar-refractivity contribution in [1.82, 2.24) is 20.2 Å². The first-order valence-electron chi connectivity index (χ1n) is 9.19. The number of anilines is 1. The molecule has 0 unspecified atom stereocenters. The predicted molar refractivity (Wildman–Crippen MR) is 110 cm³/mol. The second-order valence-corrected chi connectivity index (χ2v) is 7.71. The monoisotopic (exact) mass is 441 g/mol. The quantitative estimate of drug-likeness (QED) is 0.639. The van der Waals surface area contributed by atoms with Crippen LogP contribution in [0.3, 0.4) is 0 Å². The molecule has 1 aromatic carbocycles. The average molecular weight is 442 g/mol. The Balaban J connectivity index is 1.69. The Morgan fingerprint density at radius 1 is 1.38 bits per heavy atom. The lowest BCUT2D eigenvalue weighted by Gasteiger charge is -2.30. The van der Waals surface area contributed by atoms with Gasteiger partial charge in [-0.25, -0.2) is 19.2 Å². The number of amides is 2. The molecule has 0 fully saturated rings. The van der Waals surface area contributed by atoms with E-state index in [1.54, 1.807) is 36.2 Å². The molecule has 7 nitrogen and oxygen atoms in total. The minimum Gasteiger partial charge on any atom is -0.394 e. The van der Waals surface area contributed by atoms with Crippen molar-refractivity contribution >= 4 is 35.2 Å². The van der Waals surface area contributed by atoms with Gasteiger partial charge in [0.25, 0.3) is 0 Å². The zero-order valence-corrected chi connectivity index (χ0v) is 17.3. The number of aliphatic hydroxyl groups excluding tert-OH is 1. The second-order valence-electron chi connectivity index (χ2n) is 6.89. The summed E-state index contributed by atoms with van der Waals surface area (Å²) in [7, 11) is 0. The van der Waals surface area contributed by atoms with E-state index in [1.807, 2.05) is 0 Å². The van der Waals surface area contributed by atoms with E-state index in [-0.39, 0.29) is 12.6 Å². The predicted octanol–water partition coefficient (Wildman–Crippen LogP) is 3.35. The van der Waals surface area contributed by atoms with Crippen molar-refractivity contribution in [3.8, 4) is 0 Å². The zero-order valence-electron chi connectivity index (χ0n) is 15.8. The molecule has 3 rings (SSSR count). The molecule has 1 aromatic heterocycles. The summed E-state index contributed by atoms with van der Waals surface area (Å²) >= 11 is 12.0. The number of aromatic nitrogens is 2. The summed E-state index contributed by atoms with van der Waals surface area (Å²) in [6.45, 7) is 1.66. The topological polar surface area (TPSA) is 90.4 Å². The molecule has 0 saturated heterocycles. The molecule has 2 aromatic rings. The van der Waals surface area contributed by atoms with E-state index in [0.29, 0.717) is 46.8 Å². The van der Waals surface area contributed by atoms with E-state index >= 15 is 0 Å². The lowest BCUT2D eigenvalue weighted by molar-refractivity contribution is 0.176. The highest BCUT2D eigenvalue weighted by Gasteiger charge is 2.25. The first kappa shape index (κ1) is 21.5. The Labute approximate surface area is 178 Å². The summed E-state index contributed by atoms with van der Waals surface area (Å²) in [6.07, 6.45) is 2.31. The Morgan fingerprint density at radius 3 is 2.86 bits per heavy atom. The summed E-state index contributed by atoms with van der Waals surface area (Å²) in [5.41, 5.74) is 2.32. The number of fused-ring (bicyclic) bond motifs is 1. The van der Waals surface area contributed by atoms with Crippen LogP contribution in [0.25, 0.3) is 0 Å². The third-order valence-corrected chi connectivity index (χ3v) is 5.41. The molecule has 29 heavy (non-hydrogen) atoms. The van der Waals surface area contributed by atoms with Crippen molar-refractivity contribution in [2.24, 2.45) is 0 Å². The lowest BCUT2D eigenvalue weighted by Crippen LogP contribution is -2.45. The number of halogens is 3. The number of rotatable bonds is 6. The van der Waals surface area contributed by atoms with Crippen LogP contribution in [-0.2, 0) is 13.0 Å². The van der Waals surface area contributed by atoms with Crippen molar-refractivity contribution in [3.63, 3.8) is 0 Å². The average Bonchev–Trinajstić information content (AvgIpc) is 2.73. The first-order valence-corrected chi connectivity index (χ1v) is 9.95. The minimum absolute atomic E-state index is 0.286. The highest BCUT2D eigenvalue weighted by Crippen LogP contribution is 2.26. The van der Waals surface area contributed by atoms with Crippen LogP contribution in [0.2, 0.25) is 10.0 Å². The highest BCUT2D eigenvalue weighted by molar-refractivity contribution is 6.42. The minimum atomic E-state index is -0.619. The van der Waals surface area contributed by atoms with Crippen molar-refractivity contribution in [2.75, 3.05) is 25.1 Å². The molecule has 1 aliphatic heterocycles. The summed E-state index contributed by atoms with van der Waals surface area (Å²) in [6, 6.07) is 3.60. The number of hydrogen-bond acceptors (Lipinski definition) is 5. The molecule has 0 bridgehead atoms. The van der Waals surface area contributed by atoms with E-state index < -0.39 is 18.8 Å². The van der Waals surface area contributed by atoms with Crippen LogP contribution >= 0.6 is 23.2 Å². The zero-order chi connectivity index (χ0) is 21.0. The molecule has 0 spiro atoms. The molecule has 2 heterocycles. The molecule has 0 radical (unpaired) electrons. The van der Waals surface area contributed by atoms with Gasteiger partial charge in [-0.05, 0) is 36.6 Å². The van der Waals surface area contributed by atoms with Gasteiger partial charge in [-0.2, -0.15) is 0 Å². The fraction of sp³-hybridized carbons (Fsp3) is 0.421. The van der Waals surface area contributed by atoms with Crippen molar-refractivity contribution in [1.29, 1.82) is 0 Å². The maximum Gasteiger partial charge on any atom is 0.318 e. The number of alkyl halides is 1. The molecule has 2 atom stereocenters. The molecule has 0 saturated carbocycles. The van der Waals surface area contributed by atoms with Crippen molar-refractivity contribution < 1.29 is 14.3 Å². The molecular formula is C19H22Cl2FN5O2. The van der Waals surface area contributed by atoms with Gasteiger partial charge in [0.2, 0.25) is 5.95 Å². The second kappa shape index (κ2) is 9.56. The van der Waals surface area contributed by atoms with Crippen LogP contribution in [0.1, 0.15) is 29.8 Å². The summed E-state index contributed by atoms with van der Waals surface area (Å²) in [5, 5.41) is 16.2. The number of urea groups is 1. The maximum atomic E-state index is 12.7. The Kier molecular flexibility index (Phi) is 7.10. The molecule has 10 heteroatoms. The van der Waals surface area contributed by atoms with E-state index in [2.05, 4.69) is 20.6 Å². The van der Waals surface area contributed by atoms with Gasteiger partial charge < -0.3 is 20.6 Å². The van der Waals surface area contributed by atoms with Gasteiger partial charge in [0, 0.05) is 12.7 Å². The fourth-order valence-electron chi connectivity index (χ4n) is 3.01. The van der Waals surface area contributed by atoms with Crippen LogP contribution in [0.5, 0.6) is 0 Å². The number of aliphatic hydroxyl groups is 1. The fourth-order valence-corrected chi connectivity index (χ4v) is 3.32. The van der Waals surface area contributed by atoms with Gasteiger partial charge in [0.1, 0.15) is 6.67 Å². The van der Waals surface area contributed by atoms with Gasteiger partial charge in [0.05, 0.1) is 41.0 Å². The third-order valence-electron chi connectivity index (χ3n) is 4.67. The van der Waals surface area contributed by atoms with E-state index in [1.165, 1.54) is 0 Å². The van der Waals surface area contributed by atoms with Crippen LogP contribution in [0.15, 0.2) is 24.4 Å². The molecule has 0 aliphatic carbocycles. The van der Waals surface area contributed by atoms with Crippen LogP contribution in [-0.4, -0.2) is 51.9 Å². The molecule has 156 valence electrons. The SMILES string of the molecule is C[C@H](CF)Nc1ncc2c(n1)CN(C(=O)N[C@H](CO)c1ccc(Cl)c(Cl)c1)CC2. The third kappa shape index (κ3) is 5.26. The number of benzene rings is 1. The van der Waals surface area contributed by atoms with Gasteiger partial charge in [-0.15, -0.1) is 0 Å². The lowest BCUT2D eigenvalue weighted by atomic mass is 10.1. The molecular weight excluding hydrogens is 420 g/mol. The standard InChI is InChI=1S/C19H22Cl2FN5O2/c1-11(7-22)24-18-23-8-13-4-5-27(9-16(13)25-18)19(29)26-17(10-28)12-2-3-14(20)15(21)6-12/h2-3,6,8,11,17,28H,4-5,7,9-10H2,1H3,(H,26,29)(H,23,24,25)/t11-,17-/m1/s1. The van der Waals surface area contributed by atoms with Crippen molar-refractivity contribution in [3.05, 3.63) is 51.3 Å².